The topological polar surface area (TPSA) is 174 Å². The molecule has 1 fully saturated rings. The summed E-state index contributed by atoms with van der Waals surface area (Å²) < 4.78 is 17.8. The molecular formula is C16H29N5O7. The SMILES string of the molecule is CC(=O)N[C@@H]1[C@@H](O)[C@@H](O)[C@@H](CO)O[C@@H]1c1cn(CCOCCOCCN)nn1. The lowest BCUT2D eigenvalue weighted by molar-refractivity contribution is -0.198. The van der Waals surface area contributed by atoms with Crippen LogP contribution in [0.2, 0.25) is 0 Å². The molecule has 0 aromatic carbocycles. The average molecular weight is 403 g/mol. The maximum atomic E-state index is 11.5. The first kappa shape index (κ1) is 22.6. The molecule has 0 radical (unpaired) electrons. The maximum Gasteiger partial charge on any atom is 0.217 e. The summed E-state index contributed by atoms with van der Waals surface area (Å²) in [6, 6.07) is -0.934. The van der Waals surface area contributed by atoms with Gasteiger partial charge in [0.05, 0.1) is 51.8 Å². The van der Waals surface area contributed by atoms with Crippen LogP contribution in [0.3, 0.4) is 0 Å². The quantitative estimate of drug-likeness (QED) is 0.238. The van der Waals surface area contributed by atoms with Crippen molar-refractivity contribution in [2.24, 2.45) is 5.73 Å². The molecule has 6 N–H and O–H groups in total. The van der Waals surface area contributed by atoms with Gasteiger partial charge in [0.1, 0.15) is 30.1 Å². The predicted octanol–water partition coefficient (Wildman–Crippen LogP) is -3.07. The second-order valence-electron chi connectivity index (χ2n) is 6.41. The number of nitrogens with zero attached hydrogens (tertiary/aromatic N) is 3. The highest BCUT2D eigenvalue weighted by Crippen LogP contribution is 2.31. The smallest absolute Gasteiger partial charge is 0.217 e. The molecule has 0 aliphatic carbocycles. The van der Waals surface area contributed by atoms with Crippen LogP contribution < -0.4 is 11.1 Å². The molecule has 1 amide bonds. The summed E-state index contributed by atoms with van der Waals surface area (Å²) in [7, 11) is 0. The highest BCUT2D eigenvalue weighted by atomic mass is 16.5. The van der Waals surface area contributed by atoms with Crippen LogP contribution in [0, 0.1) is 0 Å². The number of ether oxygens (including phenoxy) is 3. The number of carbonyl (C=O) groups excluding carboxylic acids is 1. The number of aromatic nitrogens is 3. The van der Waals surface area contributed by atoms with Crippen LogP contribution in [0.4, 0.5) is 0 Å². The summed E-state index contributed by atoms with van der Waals surface area (Å²) >= 11 is 0. The Balaban J connectivity index is 1.95. The van der Waals surface area contributed by atoms with E-state index in [9.17, 15) is 20.1 Å². The van der Waals surface area contributed by atoms with Crippen molar-refractivity contribution >= 4 is 5.91 Å². The van der Waals surface area contributed by atoms with Gasteiger partial charge in [-0.2, -0.15) is 0 Å². The minimum atomic E-state index is -1.34. The van der Waals surface area contributed by atoms with Gasteiger partial charge in [0.2, 0.25) is 5.91 Å². The lowest BCUT2D eigenvalue weighted by Gasteiger charge is -2.41. The monoisotopic (exact) mass is 403 g/mol. The first-order valence-corrected chi connectivity index (χ1v) is 9.13. The molecule has 1 aromatic rings. The fourth-order valence-corrected chi connectivity index (χ4v) is 2.88. The van der Waals surface area contributed by atoms with Gasteiger partial charge in [-0.25, -0.2) is 4.68 Å². The van der Waals surface area contributed by atoms with Gasteiger partial charge in [-0.15, -0.1) is 5.10 Å². The van der Waals surface area contributed by atoms with Gasteiger partial charge >= 0.3 is 0 Å². The van der Waals surface area contributed by atoms with Gasteiger partial charge in [-0.05, 0) is 0 Å². The van der Waals surface area contributed by atoms with Gasteiger partial charge in [0.25, 0.3) is 0 Å². The summed E-state index contributed by atoms with van der Waals surface area (Å²) in [6.45, 7) is 3.45. The third kappa shape index (κ3) is 6.17. The Bertz CT molecular complexity index is 602. The van der Waals surface area contributed by atoms with E-state index in [2.05, 4.69) is 15.6 Å². The van der Waals surface area contributed by atoms with Gasteiger partial charge in [-0.1, -0.05) is 5.21 Å². The zero-order chi connectivity index (χ0) is 20.5. The molecule has 1 aliphatic heterocycles. The first-order valence-electron chi connectivity index (χ1n) is 9.13. The van der Waals surface area contributed by atoms with Crippen molar-refractivity contribution in [3.05, 3.63) is 11.9 Å². The van der Waals surface area contributed by atoms with Crippen molar-refractivity contribution in [2.75, 3.05) is 39.6 Å². The largest absolute Gasteiger partial charge is 0.394 e. The van der Waals surface area contributed by atoms with E-state index >= 15 is 0 Å². The highest BCUT2D eigenvalue weighted by molar-refractivity contribution is 5.73. The number of nitrogens with two attached hydrogens (primary N) is 1. The summed E-state index contributed by atoms with van der Waals surface area (Å²) in [6.07, 6.45) is -2.96. The number of aliphatic hydroxyl groups excluding tert-OH is 3. The van der Waals surface area contributed by atoms with Crippen molar-refractivity contribution in [2.45, 2.75) is 43.9 Å². The van der Waals surface area contributed by atoms with E-state index in [0.29, 0.717) is 45.2 Å². The van der Waals surface area contributed by atoms with E-state index in [1.165, 1.54) is 11.6 Å². The van der Waals surface area contributed by atoms with E-state index in [0.717, 1.165) is 0 Å². The zero-order valence-corrected chi connectivity index (χ0v) is 15.8. The third-order valence-corrected chi connectivity index (χ3v) is 4.24. The van der Waals surface area contributed by atoms with Crippen LogP contribution in [0.1, 0.15) is 18.7 Å². The molecule has 2 heterocycles. The Hall–Kier alpha value is -1.67. The van der Waals surface area contributed by atoms with Crippen LogP contribution in [-0.4, -0.2) is 100 Å². The third-order valence-electron chi connectivity index (χ3n) is 4.24. The molecule has 12 heteroatoms. The Kier molecular flexibility index (Phi) is 9.18. The second-order valence-corrected chi connectivity index (χ2v) is 6.41. The minimum absolute atomic E-state index is 0.356. The molecule has 0 saturated carbocycles. The normalized spacial score (nSPS) is 27.7. The number of hydrogen-bond acceptors (Lipinski definition) is 10. The molecule has 1 aliphatic rings. The lowest BCUT2D eigenvalue weighted by Crippen LogP contribution is -2.60. The van der Waals surface area contributed by atoms with E-state index in [1.54, 1.807) is 6.20 Å². The number of rotatable bonds is 11. The standard InChI is InChI=1S/C16H29N5O7/c1-10(23)18-13-15(25)14(24)12(9-22)28-16(13)11-8-21(20-19-11)3-5-27-7-6-26-4-2-17/h8,12-16,22,24-25H,2-7,9,17H2,1H3,(H,18,23)/t12-,13-,14+,15-,16-/m1/s1. The molecule has 1 saturated heterocycles. The van der Waals surface area contributed by atoms with Gasteiger partial charge in [0, 0.05) is 13.5 Å². The second kappa shape index (κ2) is 11.4. The van der Waals surface area contributed by atoms with Crippen molar-refractivity contribution < 1.29 is 34.3 Å². The van der Waals surface area contributed by atoms with Gasteiger partial charge in [-0.3, -0.25) is 4.79 Å². The molecule has 0 bridgehead atoms. The van der Waals surface area contributed by atoms with Crippen LogP contribution >= 0.6 is 0 Å². The first-order chi connectivity index (χ1) is 13.5. The van der Waals surface area contributed by atoms with Crippen molar-refractivity contribution in [3.63, 3.8) is 0 Å². The molecule has 5 atom stereocenters. The van der Waals surface area contributed by atoms with Crippen LogP contribution in [-0.2, 0) is 25.5 Å². The average Bonchev–Trinajstić information content (AvgIpc) is 3.13. The Morgan fingerprint density at radius 1 is 1.29 bits per heavy atom. The number of hydrogen-bond donors (Lipinski definition) is 5. The van der Waals surface area contributed by atoms with E-state index in [4.69, 9.17) is 19.9 Å². The van der Waals surface area contributed by atoms with E-state index < -0.39 is 43.0 Å². The molecule has 0 spiro atoms. The molecule has 1 aromatic heterocycles. The molecule has 12 nitrogen and oxygen atoms in total. The Morgan fingerprint density at radius 2 is 2.00 bits per heavy atom. The molecule has 160 valence electrons. The summed E-state index contributed by atoms with van der Waals surface area (Å²) in [5.41, 5.74) is 5.67. The molecule has 2 rings (SSSR count). The predicted molar refractivity (Wildman–Crippen MR) is 95.0 cm³/mol. The fourth-order valence-electron chi connectivity index (χ4n) is 2.88. The summed E-state index contributed by atoms with van der Waals surface area (Å²) in [5, 5.41) is 40.3. The molecule has 0 unspecified atom stereocenters. The maximum absolute atomic E-state index is 11.5. The summed E-state index contributed by atoms with van der Waals surface area (Å²) in [5.74, 6) is -0.398. The fraction of sp³-hybridized carbons (Fsp3) is 0.812. The van der Waals surface area contributed by atoms with Crippen molar-refractivity contribution in [1.82, 2.24) is 20.3 Å². The van der Waals surface area contributed by atoms with Crippen molar-refractivity contribution in [1.29, 1.82) is 0 Å². The minimum Gasteiger partial charge on any atom is -0.394 e. The van der Waals surface area contributed by atoms with Crippen LogP contribution in [0.5, 0.6) is 0 Å². The molecule has 28 heavy (non-hydrogen) atoms. The van der Waals surface area contributed by atoms with E-state index in [-0.39, 0.29) is 0 Å². The van der Waals surface area contributed by atoms with E-state index in [1.807, 2.05) is 0 Å². The van der Waals surface area contributed by atoms with Gasteiger partial charge in [0.15, 0.2) is 0 Å². The summed E-state index contributed by atoms with van der Waals surface area (Å²) in [4.78, 5) is 11.5. The Morgan fingerprint density at radius 3 is 2.64 bits per heavy atom. The van der Waals surface area contributed by atoms with Crippen LogP contribution in [0.25, 0.3) is 0 Å². The zero-order valence-electron chi connectivity index (χ0n) is 15.8. The Labute approximate surface area is 162 Å². The number of amides is 1. The molecular weight excluding hydrogens is 374 g/mol. The van der Waals surface area contributed by atoms with Gasteiger partial charge < -0.3 is 40.6 Å². The lowest BCUT2D eigenvalue weighted by atomic mass is 9.91. The number of carbonyl (C=O) groups is 1. The van der Waals surface area contributed by atoms with Crippen molar-refractivity contribution in [3.8, 4) is 0 Å². The number of nitrogens with one attached hydrogen (secondary N) is 1. The number of aliphatic hydroxyl groups is 3. The van der Waals surface area contributed by atoms with Crippen LogP contribution in [0.15, 0.2) is 6.20 Å². The highest BCUT2D eigenvalue weighted by Gasteiger charge is 2.46.